The fourth-order valence-corrected chi connectivity index (χ4v) is 1.36. The van der Waals surface area contributed by atoms with Gasteiger partial charge in [-0.25, -0.2) is 4.99 Å². The summed E-state index contributed by atoms with van der Waals surface area (Å²) in [5.41, 5.74) is 1.10. The summed E-state index contributed by atoms with van der Waals surface area (Å²) in [6, 6.07) is 7.62. The highest BCUT2D eigenvalue weighted by Crippen LogP contribution is 2.09. The van der Waals surface area contributed by atoms with Gasteiger partial charge >= 0.3 is 0 Å². The molecular weight excluding hydrogens is 361 g/mol. The van der Waals surface area contributed by atoms with Crippen LogP contribution in [0.1, 0.15) is 12.5 Å². The topological polar surface area (TPSA) is 36.4 Å². The van der Waals surface area contributed by atoms with Crippen LogP contribution >= 0.6 is 35.6 Å². The van der Waals surface area contributed by atoms with Crippen LogP contribution in [0.3, 0.4) is 0 Å². The molecule has 0 bridgehead atoms. The first-order valence-electron chi connectivity index (χ1n) is 5.46. The molecule has 3 nitrogen and oxygen atoms in total. The van der Waals surface area contributed by atoms with Gasteiger partial charge in [0.15, 0.2) is 5.96 Å². The molecule has 0 atom stereocenters. The van der Waals surface area contributed by atoms with Crippen LogP contribution in [0.2, 0.25) is 5.02 Å². The summed E-state index contributed by atoms with van der Waals surface area (Å²) in [4.78, 5) is 4.41. The Kier molecular flexibility index (Phi) is 9.52. The zero-order valence-corrected chi connectivity index (χ0v) is 13.3. The summed E-state index contributed by atoms with van der Waals surface area (Å²) < 4.78 is 0. The van der Waals surface area contributed by atoms with Gasteiger partial charge in [-0.1, -0.05) is 29.7 Å². The van der Waals surface area contributed by atoms with Crippen molar-refractivity contribution in [1.82, 2.24) is 10.6 Å². The maximum Gasteiger partial charge on any atom is 0.192 e. The number of hydrogen-bond donors (Lipinski definition) is 2. The highest BCUT2D eigenvalue weighted by molar-refractivity contribution is 14.0. The van der Waals surface area contributed by atoms with E-state index in [1.54, 1.807) is 0 Å². The van der Waals surface area contributed by atoms with Crippen LogP contribution in [0.5, 0.6) is 0 Å². The Hall–Kier alpha value is -0.930. The summed E-state index contributed by atoms with van der Waals surface area (Å²) >= 11 is 5.81. The third-order valence-electron chi connectivity index (χ3n) is 2.04. The number of rotatable bonds is 4. The van der Waals surface area contributed by atoms with Gasteiger partial charge in [-0.05, 0) is 24.6 Å². The average Bonchev–Trinajstić information content (AvgIpc) is 2.35. The lowest BCUT2D eigenvalue weighted by molar-refractivity contribution is 0.865. The van der Waals surface area contributed by atoms with Crippen molar-refractivity contribution in [3.05, 3.63) is 34.9 Å². The van der Waals surface area contributed by atoms with Crippen LogP contribution in [0.4, 0.5) is 0 Å². The zero-order valence-electron chi connectivity index (χ0n) is 10.2. The van der Waals surface area contributed by atoms with Crippen molar-refractivity contribution in [2.24, 2.45) is 4.99 Å². The Bertz CT molecular complexity index is 409. The van der Waals surface area contributed by atoms with E-state index in [9.17, 15) is 0 Å². The van der Waals surface area contributed by atoms with Crippen LogP contribution in [-0.2, 0) is 6.54 Å². The van der Waals surface area contributed by atoms with Gasteiger partial charge in [0, 0.05) is 11.6 Å². The van der Waals surface area contributed by atoms with Crippen molar-refractivity contribution < 1.29 is 0 Å². The summed E-state index contributed by atoms with van der Waals surface area (Å²) in [6.45, 7) is 3.87. The fourth-order valence-electron chi connectivity index (χ4n) is 1.24. The number of benzene rings is 1. The molecule has 0 aromatic heterocycles. The Morgan fingerprint density at radius 3 is 2.56 bits per heavy atom. The first-order valence-corrected chi connectivity index (χ1v) is 5.84. The van der Waals surface area contributed by atoms with Gasteiger partial charge in [-0.15, -0.1) is 30.4 Å². The molecule has 0 saturated carbocycles. The predicted octanol–water partition coefficient (Wildman–Crippen LogP) is 2.65. The number of hydrogen-bond acceptors (Lipinski definition) is 1. The summed E-state index contributed by atoms with van der Waals surface area (Å²) in [5, 5.41) is 6.88. The molecule has 0 radical (unpaired) electrons. The maximum absolute atomic E-state index is 5.81. The lowest BCUT2D eigenvalue weighted by Gasteiger charge is -2.08. The van der Waals surface area contributed by atoms with E-state index in [0.29, 0.717) is 13.1 Å². The van der Waals surface area contributed by atoms with Crippen molar-refractivity contribution in [2.75, 3.05) is 13.1 Å². The molecule has 0 saturated heterocycles. The van der Waals surface area contributed by atoms with Gasteiger partial charge in [0.05, 0.1) is 13.1 Å². The molecule has 1 rings (SSSR count). The molecule has 0 unspecified atom stereocenters. The molecule has 1 aromatic rings. The van der Waals surface area contributed by atoms with E-state index in [4.69, 9.17) is 18.0 Å². The minimum atomic E-state index is 0. The highest BCUT2D eigenvalue weighted by Gasteiger charge is 1.96. The number of terminal acetylenes is 1. The van der Waals surface area contributed by atoms with Crippen LogP contribution in [0.25, 0.3) is 0 Å². The molecule has 0 fully saturated rings. The number of halogens is 2. The minimum Gasteiger partial charge on any atom is -0.357 e. The standard InChI is InChI=1S/C13H16ClN3.HI/c1-3-9-16-13(15-4-2)17-10-11-5-7-12(14)8-6-11;/h1,5-8H,4,9-10H2,2H3,(H2,15,16,17);1H. The monoisotopic (exact) mass is 377 g/mol. The molecule has 0 spiro atoms. The molecule has 2 N–H and O–H groups in total. The van der Waals surface area contributed by atoms with Crippen LogP contribution in [0.15, 0.2) is 29.3 Å². The summed E-state index contributed by atoms with van der Waals surface area (Å²) in [5.74, 6) is 3.24. The van der Waals surface area contributed by atoms with Gasteiger partial charge in [-0.3, -0.25) is 0 Å². The average molecular weight is 378 g/mol. The third kappa shape index (κ3) is 6.72. The second kappa shape index (κ2) is 10.0. The number of nitrogens with one attached hydrogen (secondary N) is 2. The lowest BCUT2D eigenvalue weighted by atomic mass is 10.2. The fraction of sp³-hybridized carbons (Fsp3) is 0.308. The van der Waals surface area contributed by atoms with E-state index in [1.807, 2.05) is 31.2 Å². The Morgan fingerprint density at radius 2 is 2.00 bits per heavy atom. The van der Waals surface area contributed by atoms with Crippen molar-refractivity contribution in [2.45, 2.75) is 13.5 Å². The second-order valence-corrected chi connectivity index (χ2v) is 3.82. The normalized spacial score (nSPS) is 10.2. The van der Waals surface area contributed by atoms with Crippen molar-refractivity contribution in [1.29, 1.82) is 0 Å². The SMILES string of the molecule is C#CCNC(=NCc1ccc(Cl)cc1)NCC.I. The van der Waals surface area contributed by atoms with Gasteiger partial charge in [0.25, 0.3) is 0 Å². The molecule has 18 heavy (non-hydrogen) atoms. The first-order chi connectivity index (χ1) is 8.26. The van der Waals surface area contributed by atoms with E-state index in [2.05, 4.69) is 21.5 Å². The molecule has 5 heteroatoms. The Balaban J connectivity index is 0.00000289. The number of aliphatic imine (C=N–C) groups is 1. The minimum absolute atomic E-state index is 0. The predicted molar refractivity (Wildman–Crippen MR) is 88.5 cm³/mol. The van der Waals surface area contributed by atoms with E-state index in [0.717, 1.165) is 23.1 Å². The van der Waals surface area contributed by atoms with Crippen molar-refractivity contribution >= 4 is 41.5 Å². The summed E-state index contributed by atoms with van der Waals surface area (Å²) in [6.07, 6.45) is 5.19. The quantitative estimate of drug-likeness (QED) is 0.366. The Morgan fingerprint density at radius 1 is 1.33 bits per heavy atom. The molecular formula is C13H17ClIN3. The van der Waals surface area contributed by atoms with Crippen LogP contribution in [0, 0.1) is 12.3 Å². The molecule has 1 aromatic carbocycles. The highest BCUT2D eigenvalue weighted by atomic mass is 127. The van der Waals surface area contributed by atoms with Gasteiger partial charge in [-0.2, -0.15) is 0 Å². The van der Waals surface area contributed by atoms with Crippen molar-refractivity contribution in [3.63, 3.8) is 0 Å². The van der Waals surface area contributed by atoms with E-state index < -0.39 is 0 Å². The lowest BCUT2D eigenvalue weighted by Crippen LogP contribution is -2.37. The van der Waals surface area contributed by atoms with Gasteiger partial charge in [0.1, 0.15) is 0 Å². The van der Waals surface area contributed by atoms with Gasteiger partial charge < -0.3 is 10.6 Å². The molecule has 98 valence electrons. The number of guanidine groups is 1. The molecule has 0 heterocycles. The second-order valence-electron chi connectivity index (χ2n) is 3.38. The smallest absolute Gasteiger partial charge is 0.192 e. The summed E-state index contributed by atoms with van der Waals surface area (Å²) in [7, 11) is 0. The third-order valence-corrected chi connectivity index (χ3v) is 2.29. The Labute approximate surface area is 130 Å². The molecule has 0 amide bonds. The maximum atomic E-state index is 5.81. The first kappa shape index (κ1) is 17.1. The zero-order chi connectivity index (χ0) is 12.5. The van der Waals surface area contributed by atoms with Crippen molar-refractivity contribution in [3.8, 4) is 12.3 Å². The van der Waals surface area contributed by atoms with E-state index in [1.165, 1.54) is 0 Å². The largest absolute Gasteiger partial charge is 0.357 e. The van der Waals surface area contributed by atoms with E-state index in [-0.39, 0.29) is 24.0 Å². The molecule has 0 aliphatic carbocycles. The van der Waals surface area contributed by atoms with E-state index >= 15 is 0 Å². The van der Waals surface area contributed by atoms with Crippen LogP contribution < -0.4 is 10.6 Å². The number of nitrogens with zero attached hydrogens (tertiary/aromatic N) is 1. The molecule has 0 aliphatic heterocycles. The van der Waals surface area contributed by atoms with Gasteiger partial charge in [0.2, 0.25) is 0 Å². The molecule has 0 aliphatic rings. The van der Waals surface area contributed by atoms with Crippen LogP contribution in [-0.4, -0.2) is 19.0 Å².